The number of hydrogen-bond donors (Lipinski definition) is 1. The number of fused-ring (bicyclic) bond motifs is 1. The Hall–Kier alpha value is -3.28. The lowest BCUT2D eigenvalue weighted by molar-refractivity contribution is -0.115. The number of carbonyl (C=O) groups is 1. The van der Waals surface area contributed by atoms with Gasteiger partial charge in [0, 0.05) is 34.2 Å². The monoisotopic (exact) mass is 457 g/mol. The Kier molecular flexibility index (Phi) is 5.60. The molecule has 0 spiro atoms. The van der Waals surface area contributed by atoms with Crippen LogP contribution in [0.3, 0.4) is 0 Å². The average molecular weight is 458 g/mol. The molecule has 1 aliphatic rings. The van der Waals surface area contributed by atoms with Crippen LogP contribution in [0.5, 0.6) is 0 Å². The Labute approximate surface area is 195 Å². The van der Waals surface area contributed by atoms with Gasteiger partial charge < -0.3 is 9.88 Å². The molecule has 6 heteroatoms. The van der Waals surface area contributed by atoms with Crippen LogP contribution in [0.2, 0.25) is 5.02 Å². The minimum absolute atomic E-state index is 0.141. The molecule has 158 valence electrons. The third-order valence-corrected chi connectivity index (χ3v) is 6.41. The Balaban J connectivity index is 1.47. The molecule has 1 fully saturated rings. The third-order valence-electron chi connectivity index (χ3n) is 5.25. The average Bonchev–Trinajstić information content (AvgIpc) is 3.30. The van der Waals surface area contributed by atoms with Gasteiger partial charge in [-0.15, -0.1) is 0 Å². The zero-order valence-corrected chi connectivity index (χ0v) is 19.0. The summed E-state index contributed by atoms with van der Waals surface area (Å²) in [6.45, 7) is 2.88. The van der Waals surface area contributed by atoms with Gasteiger partial charge in [-0.25, -0.2) is 4.99 Å². The summed E-state index contributed by atoms with van der Waals surface area (Å²) in [5.41, 5.74) is 5.38. The molecule has 1 amide bonds. The van der Waals surface area contributed by atoms with Crippen LogP contribution in [0.1, 0.15) is 16.7 Å². The highest BCUT2D eigenvalue weighted by molar-refractivity contribution is 8.18. The fourth-order valence-corrected chi connectivity index (χ4v) is 4.74. The Morgan fingerprint density at radius 2 is 1.88 bits per heavy atom. The molecule has 1 N–H and O–H groups in total. The summed E-state index contributed by atoms with van der Waals surface area (Å²) in [6, 6.07) is 24.0. The number of thioether (sulfide) groups is 1. The summed E-state index contributed by atoms with van der Waals surface area (Å²) in [5.74, 6) is -0.141. The second-order valence-electron chi connectivity index (χ2n) is 7.68. The van der Waals surface area contributed by atoms with Gasteiger partial charge in [0.15, 0.2) is 5.17 Å². The SMILES string of the molecule is Cc1cccc(Cn2cc(/C=C3\SC(=Nc4ccc(Cl)cc4)NC3=O)c3ccccc32)c1. The molecule has 2 heterocycles. The fraction of sp³-hybridized carbons (Fsp3) is 0.0769. The van der Waals surface area contributed by atoms with Crippen molar-refractivity contribution in [1.29, 1.82) is 0 Å². The number of aliphatic imine (C=N–C) groups is 1. The largest absolute Gasteiger partial charge is 0.342 e. The summed E-state index contributed by atoms with van der Waals surface area (Å²) < 4.78 is 2.23. The number of carbonyl (C=O) groups excluding carboxylic acids is 1. The molecule has 0 atom stereocenters. The minimum atomic E-state index is -0.141. The van der Waals surface area contributed by atoms with Crippen molar-refractivity contribution in [3.63, 3.8) is 0 Å². The van der Waals surface area contributed by atoms with Crippen molar-refractivity contribution in [3.05, 3.63) is 106 Å². The summed E-state index contributed by atoms with van der Waals surface area (Å²) in [4.78, 5) is 17.7. The summed E-state index contributed by atoms with van der Waals surface area (Å²) >= 11 is 7.28. The van der Waals surface area contributed by atoms with Gasteiger partial charge in [0.1, 0.15) is 0 Å². The first-order valence-electron chi connectivity index (χ1n) is 10.2. The normalized spacial score (nSPS) is 16.2. The van der Waals surface area contributed by atoms with E-state index in [1.165, 1.54) is 22.9 Å². The number of amidine groups is 1. The molecule has 0 saturated carbocycles. The maximum Gasteiger partial charge on any atom is 0.264 e. The quantitative estimate of drug-likeness (QED) is 0.353. The Morgan fingerprint density at radius 3 is 2.69 bits per heavy atom. The summed E-state index contributed by atoms with van der Waals surface area (Å²) in [6.07, 6.45) is 4.06. The number of aryl methyl sites for hydroxylation is 1. The van der Waals surface area contributed by atoms with Crippen LogP contribution >= 0.6 is 23.4 Å². The molecule has 1 aromatic heterocycles. The molecule has 5 rings (SSSR count). The predicted octanol–water partition coefficient (Wildman–Crippen LogP) is 6.54. The first-order valence-corrected chi connectivity index (χ1v) is 11.4. The highest BCUT2D eigenvalue weighted by Gasteiger charge is 2.24. The number of halogens is 1. The number of hydrogen-bond acceptors (Lipinski definition) is 3. The lowest BCUT2D eigenvalue weighted by Crippen LogP contribution is -2.19. The zero-order chi connectivity index (χ0) is 22.1. The van der Waals surface area contributed by atoms with Crippen LogP contribution in [-0.4, -0.2) is 15.6 Å². The first kappa shape index (κ1) is 20.6. The van der Waals surface area contributed by atoms with E-state index in [2.05, 4.69) is 64.4 Å². The molecule has 1 saturated heterocycles. The van der Waals surface area contributed by atoms with Crippen molar-refractivity contribution in [2.24, 2.45) is 4.99 Å². The van der Waals surface area contributed by atoms with E-state index in [0.29, 0.717) is 15.1 Å². The minimum Gasteiger partial charge on any atom is -0.342 e. The van der Waals surface area contributed by atoms with E-state index in [1.807, 2.05) is 30.3 Å². The fourth-order valence-electron chi connectivity index (χ4n) is 3.78. The Bertz CT molecular complexity index is 1390. The standard InChI is InChI=1S/C26H20ClN3OS/c1-17-5-4-6-18(13-17)15-30-16-19(22-7-2-3-8-23(22)30)14-24-25(31)29-26(32-24)28-21-11-9-20(27)10-12-21/h2-14,16H,15H2,1H3,(H,28,29,31)/b24-14-. The number of amides is 1. The van der Waals surface area contributed by atoms with E-state index >= 15 is 0 Å². The molecular weight excluding hydrogens is 438 g/mol. The summed E-state index contributed by atoms with van der Waals surface area (Å²) in [7, 11) is 0. The van der Waals surface area contributed by atoms with Crippen LogP contribution < -0.4 is 5.32 Å². The molecule has 32 heavy (non-hydrogen) atoms. The highest BCUT2D eigenvalue weighted by Crippen LogP contribution is 2.31. The maximum absolute atomic E-state index is 12.6. The van der Waals surface area contributed by atoms with Crippen LogP contribution in [0, 0.1) is 6.92 Å². The van der Waals surface area contributed by atoms with Crippen molar-refractivity contribution in [3.8, 4) is 0 Å². The van der Waals surface area contributed by atoms with Gasteiger partial charge in [-0.1, -0.05) is 59.6 Å². The van der Waals surface area contributed by atoms with Crippen molar-refractivity contribution >= 4 is 57.1 Å². The number of aromatic nitrogens is 1. The highest BCUT2D eigenvalue weighted by atomic mass is 35.5. The second kappa shape index (κ2) is 8.69. The van der Waals surface area contributed by atoms with E-state index in [-0.39, 0.29) is 5.91 Å². The molecule has 0 bridgehead atoms. The van der Waals surface area contributed by atoms with Crippen molar-refractivity contribution in [1.82, 2.24) is 9.88 Å². The van der Waals surface area contributed by atoms with E-state index in [0.717, 1.165) is 28.7 Å². The zero-order valence-electron chi connectivity index (χ0n) is 17.4. The van der Waals surface area contributed by atoms with Gasteiger partial charge in [-0.3, -0.25) is 4.79 Å². The van der Waals surface area contributed by atoms with Crippen molar-refractivity contribution in [2.75, 3.05) is 0 Å². The molecular formula is C26H20ClN3OS. The predicted molar refractivity (Wildman–Crippen MR) is 134 cm³/mol. The van der Waals surface area contributed by atoms with Gasteiger partial charge in [-0.05, 0) is 60.7 Å². The van der Waals surface area contributed by atoms with E-state index < -0.39 is 0 Å². The number of benzene rings is 3. The molecule has 0 unspecified atom stereocenters. The lowest BCUT2D eigenvalue weighted by Gasteiger charge is -2.06. The van der Waals surface area contributed by atoms with Gasteiger partial charge >= 0.3 is 0 Å². The summed E-state index contributed by atoms with van der Waals surface area (Å²) in [5, 5.41) is 5.18. The van der Waals surface area contributed by atoms with Crippen molar-refractivity contribution in [2.45, 2.75) is 13.5 Å². The van der Waals surface area contributed by atoms with Crippen LogP contribution in [-0.2, 0) is 11.3 Å². The van der Waals surface area contributed by atoms with Crippen LogP contribution in [0.4, 0.5) is 5.69 Å². The molecule has 0 aliphatic carbocycles. The van der Waals surface area contributed by atoms with Gasteiger partial charge in [-0.2, -0.15) is 0 Å². The molecule has 1 aliphatic heterocycles. The van der Waals surface area contributed by atoms with Crippen LogP contribution in [0.25, 0.3) is 17.0 Å². The smallest absolute Gasteiger partial charge is 0.264 e. The van der Waals surface area contributed by atoms with E-state index in [9.17, 15) is 4.79 Å². The number of nitrogens with one attached hydrogen (secondary N) is 1. The second-order valence-corrected chi connectivity index (χ2v) is 9.14. The van der Waals surface area contributed by atoms with E-state index in [1.54, 1.807) is 12.1 Å². The van der Waals surface area contributed by atoms with Gasteiger partial charge in [0.05, 0.1) is 10.6 Å². The van der Waals surface area contributed by atoms with Gasteiger partial charge in [0.2, 0.25) is 0 Å². The topological polar surface area (TPSA) is 46.4 Å². The van der Waals surface area contributed by atoms with E-state index in [4.69, 9.17) is 11.6 Å². The van der Waals surface area contributed by atoms with Crippen molar-refractivity contribution < 1.29 is 4.79 Å². The number of nitrogens with zero attached hydrogens (tertiary/aromatic N) is 2. The first-order chi connectivity index (χ1) is 15.5. The molecule has 4 nitrogen and oxygen atoms in total. The Morgan fingerprint density at radius 1 is 1.06 bits per heavy atom. The molecule has 4 aromatic rings. The lowest BCUT2D eigenvalue weighted by atomic mass is 10.1. The maximum atomic E-state index is 12.6. The molecule has 3 aromatic carbocycles. The molecule has 0 radical (unpaired) electrons. The van der Waals surface area contributed by atoms with Crippen LogP contribution in [0.15, 0.2) is 88.9 Å². The van der Waals surface area contributed by atoms with Gasteiger partial charge in [0.25, 0.3) is 5.91 Å². The number of para-hydroxylation sites is 1. The number of rotatable bonds is 4. The third kappa shape index (κ3) is 4.35.